The number of benzene rings is 1. The van der Waals surface area contributed by atoms with Gasteiger partial charge < -0.3 is 10.6 Å². The molecular formula is C14H13N5OS. The SMILES string of the molecule is Cc1ccc2sc(NC(=O)CNc3ncccn3)nc2c1. The zero-order chi connectivity index (χ0) is 14.7. The van der Waals surface area contributed by atoms with Crippen LogP contribution in [0.2, 0.25) is 0 Å². The van der Waals surface area contributed by atoms with Crippen LogP contribution in [0, 0.1) is 6.92 Å². The van der Waals surface area contributed by atoms with Gasteiger partial charge in [0.1, 0.15) is 0 Å². The predicted molar refractivity (Wildman–Crippen MR) is 83.5 cm³/mol. The standard InChI is InChI=1S/C14H13N5OS/c1-9-3-4-11-10(7-9)18-14(21-11)19-12(20)8-17-13-15-5-2-6-16-13/h2-7H,8H2,1H3,(H,15,16,17)(H,18,19,20). The summed E-state index contributed by atoms with van der Waals surface area (Å²) in [5.74, 6) is 0.241. The third kappa shape index (κ3) is 3.32. The molecule has 2 N–H and O–H groups in total. The smallest absolute Gasteiger partial charge is 0.245 e. The maximum Gasteiger partial charge on any atom is 0.245 e. The summed E-state index contributed by atoms with van der Waals surface area (Å²) in [4.78, 5) is 24.2. The van der Waals surface area contributed by atoms with E-state index in [0.717, 1.165) is 15.8 Å². The second-order valence-corrected chi connectivity index (χ2v) is 5.49. The first-order chi connectivity index (χ1) is 10.2. The van der Waals surface area contributed by atoms with Crippen molar-refractivity contribution in [3.8, 4) is 0 Å². The van der Waals surface area contributed by atoms with E-state index in [9.17, 15) is 4.79 Å². The largest absolute Gasteiger partial charge is 0.345 e. The Morgan fingerprint density at radius 1 is 1.29 bits per heavy atom. The lowest BCUT2D eigenvalue weighted by molar-refractivity contribution is -0.114. The van der Waals surface area contributed by atoms with E-state index in [0.29, 0.717) is 11.1 Å². The molecule has 0 radical (unpaired) electrons. The average molecular weight is 299 g/mol. The van der Waals surface area contributed by atoms with E-state index in [1.54, 1.807) is 18.5 Å². The number of rotatable bonds is 4. The minimum Gasteiger partial charge on any atom is -0.345 e. The van der Waals surface area contributed by atoms with Crippen LogP contribution in [-0.2, 0) is 4.79 Å². The van der Waals surface area contributed by atoms with Gasteiger partial charge >= 0.3 is 0 Å². The van der Waals surface area contributed by atoms with Crippen LogP contribution in [-0.4, -0.2) is 27.4 Å². The van der Waals surface area contributed by atoms with Crippen LogP contribution in [0.25, 0.3) is 10.2 Å². The van der Waals surface area contributed by atoms with Crippen LogP contribution in [0.1, 0.15) is 5.56 Å². The Kier molecular flexibility index (Phi) is 3.74. The number of amides is 1. The highest BCUT2D eigenvalue weighted by molar-refractivity contribution is 7.22. The van der Waals surface area contributed by atoms with Crippen molar-refractivity contribution in [1.29, 1.82) is 0 Å². The second-order valence-electron chi connectivity index (χ2n) is 4.46. The van der Waals surface area contributed by atoms with Crippen molar-refractivity contribution in [2.75, 3.05) is 17.2 Å². The van der Waals surface area contributed by atoms with Crippen LogP contribution in [0.5, 0.6) is 0 Å². The van der Waals surface area contributed by atoms with E-state index in [-0.39, 0.29) is 12.5 Å². The monoisotopic (exact) mass is 299 g/mol. The molecule has 1 amide bonds. The van der Waals surface area contributed by atoms with Crippen molar-refractivity contribution in [3.63, 3.8) is 0 Å². The van der Waals surface area contributed by atoms with Gasteiger partial charge in [0.15, 0.2) is 5.13 Å². The third-order valence-corrected chi connectivity index (χ3v) is 3.71. The fraction of sp³-hybridized carbons (Fsp3) is 0.143. The maximum atomic E-state index is 11.9. The lowest BCUT2D eigenvalue weighted by Crippen LogP contribution is -2.22. The molecule has 0 aliphatic heterocycles. The summed E-state index contributed by atoms with van der Waals surface area (Å²) in [6, 6.07) is 7.75. The average Bonchev–Trinajstić information content (AvgIpc) is 2.87. The normalized spacial score (nSPS) is 10.5. The van der Waals surface area contributed by atoms with E-state index >= 15 is 0 Å². The van der Waals surface area contributed by atoms with Gasteiger partial charge in [-0.2, -0.15) is 0 Å². The Balaban J connectivity index is 1.63. The van der Waals surface area contributed by atoms with Gasteiger partial charge in [-0.1, -0.05) is 17.4 Å². The molecule has 6 nitrogen and oxygen atoms in total. The minimum atomic E-state index is -0.182. The zero-order valence-electron chi connectivity index (χ0n) is 11.3. The van der Waals surface area contributed by atoms with Crippen LogP contribution >= 0.6 is 11.3 Å². The fourth-order valence-corrected chi connectivity index (χ4v) is 2.67. The van der Waals surface area contributed by atoms with Crippen molar-refractivity contribution in [1.82, 2.24) is 15.0 Å². The molecule has 0 atom stereocenters. The van der Waals surface area contributed by atoms with Gasteiger partial charge in [-0.25, -0.2) is 15.0 Å². The first-order valence-corrected chi connectivity index (χ1v) is 7.20. The number of nitrogens with zero attached hydrogens (tertiary/aromatic N) is 3. The van der Waals surface area contributed by atoms with Crippen molar-refractivity contribution in [2.45, 2.75) is 6.92 Å². The molecule has 0 saturated carbocycles. The van der Waals surface area contributed by atoms with Crippen LogP contribution in [0.3, 0.4) is 0 Å². The van der Waals surface area contributed by atoms with Crippen LogP contribution < -0.4 is 10.6 Å². The fourth-order valence-electron chi connectivity index (χ4n) is 1.80. The summed E-state index contributed by atoms with van der Waals surface area (Å²) in [7, 11) is 0. The number of aromatic nitrogens is 3. The molecular weight excluding hydrogens is 286 g/mol. The topological polar surface area (TPSA) is 79.8 Å². The minimum absolute atomic E-state index is 0.0962. The molecule has 3 aromatic rings. The van der Waals surface area contributed by atoms with Gasteiger partial charge in [-0.05, 0) is 30.7 Å². The molecule has 0 saturated heterocycles. The molecule has 2 aromatic heterocycles. The zero-order valence-corrected chi connectivity index (χ0v) is 12.1. The summed E-state index contributed by atoms with van der Waals surface area (Å²) < 4.78 is 1.05. The van der Waals surface area contributed by atoms with E-state index in [1.165, 1.54) is 11.3 Å². The van der Waals surface area contributed by atoms with Gasteiger partial charge in [-0.15, -0.1) is 0 Å². The summed E-state index contributed by atoms with van der Waals surface area (Å²) in [5, 5.41) is 6.22. The summed E-state index contributed by atoms with van der Waals surface area (Å²) in [5.41, 5.74) is 2.04. The second kappa shape index (κ2) is 5.84. The maximum absolute atomic E-state index is 11.9. The Bertz CT molecular complexity index is 771. The van der Waals surface area contributed by atoms with Gasteiger partial charge in [0.05, 0.1) is 16.8 Å². The number of anilines is 2. The van der Waals surface area contributed by atoms with E-state index in [4.69, 9.17) is 0 Å². The van der Waals surface area contributed by atoms with Crippen LogP contribution in [0.4, 0.5) is 11.1 Å². The molecule has 7 heteroatoms. The van der Waals surface area contributed by atoms with Crippen molar-refractivity contribution < 1.29 is 4.79 Å². The molecule has 106 valence electrons. The molecule has 21 heavy (non-hydrogen) atoms. The molecule has 1 aromatic carbocycles. The highest BCUT2D eigenvalue weighted by atomic mass is 32.1. The Labute approximate surface area is 125 Å². The molecule has 0 bridgehead atoms. The van der Waals surface area contributed by atoms with Gasteiger partial charge in [-0.3, -0.25) is 4.79 Å². The first kappa shape index (κ1) is 13.4. The van der Waals surface area contributed by atoms with Crippen molar-refractivity contribution in [2.24, 2.45) is 0 Å². The van der Waals surface area contributed by atoms with E-state index in [1.807, 2.05) is 25.1 Å². The molecule has 3 rings (SSSR count). The predicted octanol–water partition coefficient (Wildman–Crippen LogP) is 2.45. The third-order valence-electron chi connectivity index (χ3n) is 2.76. The summed E-state index contributed by atoms with van der Waals surface area (Å²) in [6.07, 6.45) is 3.23. The number of carbonyl (C=O) groups is 1. The molecule has 0 fully saturated rings. The molecule has 2 heterocycles. The summed E-state index contributed by atoms with van der Waals surface area (Å²) >= 11 is 1.45. The van der Waals surface area contributed by atoms with Crippen LogP contribution in [0.15, 0.2) is 36.7 Å². The van der Waals surface area contributed by atoms with Crippen molar-refractivity contribution >= 4 is 38.5 Å². The summed E-state index contributed by atoms with van der Waals surface area (Å²) in [6.45, 7) is 2.11. The van der Waals surface area contributed by atoms with Gasteiger partial charge in [0.25, 0.3) is 0 Å². The lowest BCUT2D eigenvalue weighted by atomic mass is 10.2. The Morgan fingerprint density at radius 2 is 2.10 bits per heavy atom. The molecule has 0 unspecified atom stereocenters. The van der Waals surface area contributed by atoms with Gasteiger partial charge in [0.2, 0.25) is 11.9 Å². The molecule has 0 aliphatic rings. The quantitative estimate of drug-likeness (QED) is 0.773. The first-order valence-electron chi connectivity index (χ1n) is 6.39. The number of hydrogen-bond donors (Lipinski definition) is 2. The van der Waals surface area contributed by atoms with E-state index in [2.05, 4.69) is 25.6 Å². The van der Waals surface area contributed by atoms with Crippen molar-refractivity contribution in [3.05, 3.63) is 42.2 Å². The van der Waals surface area contributed by atoms with Gasteiger partial charge in [0, 0.05) is 12.4 Å². The number of hydrogen-bond acceptors (Lipinski definition) is 6. The molecule has 0 spiro atoms. The molecule has 0 aliphatic carbocycles. The highest BCUT2D eigenvalue weighted by Crippen LogP contribution is 2.26. The lowest BCUT2D eigenvalue weighted by Gasteiger charge is -2.03. The van der Waals surface area contributed by atoms with E-state index < -0.39 is 0 Å². The number of nitrogens with one attached hydrogen (secondary N) is 2. The number of fused-ring (bicyclic) bond motifs is 1. The number of aryl methyl sites for hydroxylation is 1. The Morgan fingerprint density at radius 3 is 2.90 bits per heavy atom. The number of thiazole rings is 1. The number of carbonyl (C=O) groups excluding carboxylic acids is 1. The highest BCUT2D eigenvalue weighted by Gasteiger charge is 2.08. The Hall–Kier alpha value is -2.54.